The molecule has 27 heavy (non-hydrogen) atoms. The van der Waals surface area contributed by atoms with Crippen molar-refractivity contribution in [3.05, 3.63) is 46.8 Å². The van der Waals surface area contributed by atoms with Crippen LogP contribution in [0.1, 0.15) is 19.8 Å². The van der Waals surface area contributed by atoms with Gasteiger partial charge in [-0.15, -0.1) is 0 Å². The Kier molecular flexibility index (Phi) is 5.80. The molecule has 9 nitrogen and oxygen atoms in total. The van der Waals surface area contributed by atoms with Gasteiger partial charge in [0.1, 0.15) is 6.33 Å². The van der Waals surface area contributed by atoms with E-state index < -0.39 is 4.92 Å². The van der Waals surface area contributed by atoms with Crippen LogP contribution in [-0.4, -0.2) is 40.6 Å². The molecule has 1 N–H and O–H groups in total. The second kappa shape index (κ2) is 8.43. The fraction of sp³-hybridized carbons (Fsp3) is 0.389. The number of nitro groups is 1. The Bertz CT molecular complexity index is 807. The first-order valence-electron chi connectivity index (χ1n) is 8.83. The average molecular weight is 371 g/mol. The van der Waals surface area contributed by atoms with Crippen molar-refractivity contribution >= 4 is 29.0 Å². The number of para-hydroxylation sites is 1. The van der Waals surface area contributed by atoms with Crippen LogP contribution in [-0.2, 0) is 9.53 Å². The molecule has 1 saturated heterocycles. The Morgan fingerprint density at radius 3 is 2.63 bits per heavy atom. The van der Waals surface area contributed by atoms with E-state index >= 15 is 0 Å². The van der Waals surface area contributed by atoms with E-state index in [2.05, 4.69) is 15.3 Å². The molecular weight excluding hydrogens is 350 g/mol. The third kappa shape index (κ3) is 4.30. The number of aromatic nitrogens is 2. The third-order valence-electron chi connectivity index (χ3n) is 4.44. The van der Waals surface area contributed by atoms with Gasteiger partial charge in [0.25, 0.3) is 0 Å². The Labute approximate surface area is 156 Å². The number of anilines is 3. The van der Waals surface area contributed by atoms with Crippen molar-refractivity contribution in [3.8, 4) is 0 Å². The highest BCUT2D eigenvalue weighted by molar-refractivity contribution is 5.75. The normalized spacial score (nSPS) is 14.6. The van der Waals surface area contributed by atoms with E-state index in [1.54, 1.807) is 19.1 Å². The molecule has 142 valence electrons. The largest absolute Gasteiger partial charge is 0.466 e. The molecule has 2 heterocycles. The van der Waals surface area contributed by atoms with Crippen LogP contribution in [0.4, 0.5) is 23.0 Å². The van der Waals surface area contributed by atoms with Crippen LogP contribution < -0.4 is 10.2 Å². The molecule has 0 spiro atoms. The summed E-state index contributed by atoms with van der Waals surface area (Å²) in [6.07, 6.45) is 2.45. The number of hydrogen-bond donors (Lipinski definition) is 1. The lowest BCUT2D eigenvalue weighted by Crippen LogP contribution is -2.37. The number of esters is 1. The van der Waals surface area contributed by atoms with Crippen LogP contribution >= 0.6 is 0 Å². The molecule has 0 unspecified atom stereocenters. The molecule has 0 saturated carbocycles. The zero-order valence-electron chi connectivity index (χ0n) is 15.0. The summed E-state index contributed by atoms with van der Waals surface area (Å²) in [5, 5.41) is 14.7. The highest BCUT2D eigenvalue weighted by Gasteiger charge is 2.32. The van der Waals surface area contributed by atoms with Gasteiger partial charge < -0.3 is 15.0 Å². The van der Waals surface area contributed by atoms with Gasteiger partial charge in [0.2, 0.25) is 11.6 Å². The molecule has 1 aromatic heterocycles. The fourth-order valence-electron chi connectivity index (χ4n) is 3.11. The van der Waals surface area contributed by atoms with Crippen molar-refractivity contribution in [1.82, 2.24) is 9.97 Å². The van der Waals surface area contributed by atoms with E-state index in [0.717, 1.165) is 0 Å². The number of rotatable bonds is 6. The van der Waals surface area contributed by atoms with Gasteiger partial charge in [-0.2, -0.15) is 0 Å². The predicted octanol–water partition coefficient (Wildman–Crippen LogP) is 2.91. The molecule has 1 aliphatic heterocycles. The number of piperidine rings is 1. The third-order valence-corrected chi connectivity index (χ3v) is 4.44. The standard InChI is InChI=1S/C18H21N5O4/c1-2-27-18(24)13-8-10-22(11-9-13)17-15(23(25)26)16(19-12-20-17)21-14-6-4-3-5-7-14/h3-7,12-13H,2,8-11H2,1H3,(H,19,20,21). The quantitative estimate of drug-likeness (QED) is 0.469. The predicted molar refractivity (Wildman–Crippen MR) is 100.0 cm³/mol. The van der Waals surface area contributed by atoms with E-state index in [0.29, 0.717) is 38.2 Å². The van der Waals surface area contributed by atoms with Crippen LogP contribution in [0.3, 0.4) is 0 Å². The van der Waals surface area contributed by atoms with Crippen LogP contribution in [0.25, 0.3) is 0 Å². The van der Waals surface area contributed by atoms with Crippen LogP contribution in [0.2, 0.25) is 0 Å². The molecule has 1 aromatic carbocycles. The van der Waals surface area contributed by atoms with Gasteiger partial charge >= 0.3 is 11.7 Å². The first kappa shape index (κ1) is 18.6. The monoisotopic (exact) mass is 371 g/mol. The van der Waals surface area contributed by atoms with Gasteiger partial charge in [0.15, 0.2) is 0 Å². The van der Waals surface area contributed by atoms with Crippen molar-refractivity contribution < 1.29 is 14.5 Å². The molecule has 0 atom stereocenters. The molecule has 0 aliphatic carbocycles. The van der Waals surface area contributed by atoms with Crippen molar-refractivity contribution in [2.24, 2.45) is 5.92 Å². The van der Waals surface area contributed by atoms with Gasteiger partial charge in [-0.25, -0.2) is 9.97 Å². The molecule has 2 aromatic rings. The maximum atomic E-state index is 11.9. The summed E-state index contributed by atoms with van der Waals surface area (Å²) in [4.78, 5) is 33.2. The lowest BCUT2D eigenvalue weighted by atomic mass is 9.97. The number of carbonyl (C=O) groups excluding carboxylic acids is 1. The second-order valence-electron chi connectivity index (χ2n) is 6.16. The van der Waals surface area contributed by atoms with Crippen molar-refractivity contribution in [1.29, 1.82) is 0 Å². The second-order valence-corrected chi connectivity index (χ2v) is 6.16. The average Bonchev–Trinajstić information content (AvgIpc) is 2.69. The first-order valence-corrected chi connectivity index (χ1v) is 8.83. The number of carbonyl (C=O) groups is 1. The minimum atomic E-state index is -0.474. The summed E-state index contributed by atoms with van der Waals surface area (Å²) in [7, 11) is 0. The van der Waals surface area contributed by atoms with Crippen LogP contribution in [0, 0.1) is 16.0 Å². The van der Waals surface area contributed by atoms with Crippen molar-refractivity contribution in [2.75, 3.05) is 29.9 Å². The Morgan fingerprint density at radius 2 is 2.00 bits per heavy atom. The zero-order chi connectivity index (χ0) is 19.2. The van der Waals surface area contributed by atoms with E-state index in [4.69, 9.17) is 4.74 Å². The SMILES string of the molecule is CCOC(=O)C1CCN(c2ncnc(Nc3ccccc3)c2[N+](=O)[O-])CC1. The van der Waals surface area contributed by atoms with E-state index in [1.165, 1.54) is 6.33 Å². The topological polar surface area (TPSA) is 110 Å². The summed E-state index contributed by atoms with van der Waals surface area (Å²) in [6.45, 7) is 3.11. The fourth-order valence-corrected chi connectivity index (χ4v) is 3.11. The Hall–Kier alpha value is -3.23. The summed E-state index contributed by atoms with van der Waals surface area (Å²) >= 11 is 0. The molecule has 3 rings (SSSR count). The van der Waals surface area contributed by atoms with Crippen LogP contribution in [0.15, 0.2) is 36.7 Å². The molecule has 0 bridgehead atoms. The van der Waals surface area contributed by atoms with Crippen molar-refractivity contribution in [2.45, 2.75) is 19.8 Å². The molecular formula is C18H21N5O4. The summed E-state index contributed by atoms with van der Waals surface area (Å²) in [5.41, 5.74) is 0.530. The Balaban J connectivity index is 1.81. The molecule has 1 aliphatic rings. The lowest BCUT2D eigenvalue weighted by molar-refractivity contribution is -0.383. The van der Waals surface area contributed by atoms with Gasteiger partial charge in [0, 0.05) is 18.8 Å². The summed E-state index contributed by atoms with van der Waals surface area (Å²) < 4.78 is 5.07. The summed E-state index contributed by atoms with van der Waals surface area (Å²) in [6, 6.07) is 9.12. The smallest absolute Gasteiger partial charge is 0.353 e. The maximum Gasteiger partial charge on any atom is 0.353 e. The lowest BCUT2D eigenvalue weighted by Gasteiger charge is -2.31. The minimum absolute atomic E-state index is 0.142. The maximum absolute atomic E-state index is 11.9. The number of hydrogen-bond acceptors (Lipinski definition) is 8. The number of ether oxygens (including phenoxy) is 1. The number of benzene rings is 1. The minimum Gasteiger partial charge on any atom is -0.466 e. The highest BCUT2D eigenvalue weighted by atomic mass is 16.6. The van der Waals surface area contributed by atoms with Gasteiger partial charge in [-0.05, 0) is 31.9 Å². The van der Waals surface area contributed by atoms with Crippen LogP contribution in [0.5, 0.6) is 0 Å². The van der Waals surface area contributed by atoms with Gasteiger partial charge in [-0.1, -0.05) is 18.2 Å². The molecule has 0 radical (unpaired) electrons. The van der Waals surface area contributed by atoms with E-state index in [-0.39, 0.29) is 29.2 Å². The molecule has 9 heteroatoms. The van der Waals surface area contributed by atoms with E-state index in [1.807, 2.05) is 23.1 Å². The number of nitrogens with one attached hydrogen (secondary N) is 1. The first-order chi connectivity index (χ1) is 13.1. The van der Waals surface area contributed by atoms with E-state index in [9.17, 15) is 14.9 Å². The zero-order valence-corrected chi connectivity index (χ0v) is 15.0. The Morgan fingerprint density at radius 1 is 1.30 bits per heavy atom. The summed E-state index contributed by atoms with van der Waals surface area (Å²) in [5.74, 6) is 0.0178. The van der Waals surface area contributed by atoms with Crippen molar-refractivity contribution in [3.63, 3.8) is 0 Å². The van der Waals surface area contributed by atoms with Gasteiger partial charge in [-0.3, -0.25) is 14.9 Å². The van der Waals surface area contributed by atoms with Gasteiger partial charge in [0.05, 0.1) is 17.4 Å². The highest BCUT2D eigenvalue weighted by Crippen LogP contribution is 2.35. The molecule has 0 amide bonds. The number of nitrogens with zero attached hydrogens (tertiary/aromatic N) is 4. The molecule has 1 fully saturated rings.